The lowest BCUT2D eigenvalue weighted by atomic mass is 9.65. The van der Waals surface area contributed by atoms with E-state index in [0.29, 0.717) is 5.82 Å². The van der Waals surface area contributed by atoms with Gasteiger partial charge in [0.25, 0.3) is 12.3 Å². The third kappa shape index (κ3) is 4.97. The smallest absolute Gasteiger partial charge is 0.255 e. The second-order valence-corrected chi connectivity index (χ2v) is 8.07. The van der Waals surface area contributed by atoms with Crippen molar-refractivity contribution in [3.8, 4) is 11.3 Å². The molecule has 6 nitrogen and oxygen atoms in total. The van der Waals surface area contributed by atoms with Gasteiger partial charge in [0.15, 0.2) is 0 Å². The largest absolute Gasteiger partial charge is 0.368 e. The van der Waals surface area contributed by atoms with E-state index in [0.717, 1.165) is 6.07 Å². The molecule has 2 heterocycles. The molecule has 3 aromatic rings. The lowest BCUT2D eigenvalue weighted by Gasteiger charge is -2.44. The first-order chi connectivity index (χ1) is 16.3. The summed E-state index contributed by atoms with van der Waals surface area (Å²) < 4.78 is 66.9. The molecule has 0 spiro atoms. The number of alkyl halides is 3. The third-order valence-corrected chi connectivity index (χ3v) is 5.68. The van der Waals surface area contributed by atoms with Crippen LogP contribution in [0, 0.1) is 11.6 Å². The van der Waals surface area contributed by atoms with Crippen LogP contribution in [0.2, 0.25) is 0 Å². The van der Waals surface area contributed by atoms with Crippen molar-refractivity contribution in [3.63, 3.8) is 0 Å². The van der Waals surface area contributed by atoms with Crippen LogP contribution >= 0.6 is 0 Å². The van der Waals surface area contributed by atoms with Gasteiger partial charge in [0, 0.05) is 29.3 Å². The fourth-order valence-electron chi connectivity index (χ4n) is 3.95. The predicted octanol–water partition coefficient (Wildman–Crippen LogP) is 4.29. The van der Waals surface area contributed by atoms with Crippen LogP contribution in [-0.2, 0) is 5.41 Å². The Morgan fingerprint density at radius 3 is 2.53 bits per heavy atom. The number of nitrogens with zero attached hydrogens (tertiary/aromatic N) is 3. The monoisotopic (exact) mass is 477 g/mol. The number of carbonyl (C=O) groups is 1. The SMILES string of the molecule is O=C(NCC(F)F)c1ccc(F)c(-c2ccc(NC[C@]3(c4ncccc4F)C[C@H](F)C3)nn2)c1. The van der Waals surface area contributed by atoms with Crippen LogP contribution in [0.4, 0.5) is 27.8 Å². The molecule has 0 bridgehead atoms. The van der Waals surface area contributed by atoms with E-state index >= 15 is 0 Å². The van der Waals surface area contributed by atoms with E-state index in [9.17, 15) is 26.7 Å². The van der Waals surface area contributed by atoms with Crippen LogP contribution in [0.25, 0.3) is 11.3 Å². The van der Waals surface area contributed by atoms with Gasteiger partial charge in [0.1, 0.15) is 23.6 Å². The highest BCUT2D eigenvalue weighted by atomic mass is 19.3. The summed E-state index contributed by atoms with van der Waals surface area (Å²) >= 11 is 0. The maximum atomic E-state index is 14.3. The van der Waals surface area contributed by atoms with E-state index in [2.05, 4.69) is 25.8 Å². The molecule has 0 radical (unpaired) electrons. The number of carbonyl (C=O) groups excluding carboxylic acids is 1. The average molecular weight is 477 g/mol. The van der Waals surface area contributed by atoms with Gasteiger partial charge in [-0.05, 0) is 55.3 Å². The second kappa shape index (κ2) is 9.70. The highest BCUT2D eigenvalue weighted by Crippen LogP contribution is 2.45. The predicted molar refractivity (Wildman–Crippen MR) is 114 cm³/mol. The topological polar surface area (TPSA) is 79.8 Å². The van der Waals surface area contributed by atoms with Crippen molar-refractivity contribution in [3.05, 3.63) is 71.6 Å². The molecule has 2 aromatic heterocycles. The van der Waals surface area contributed by atoms with Crippen molar-refractivity contribution in [2.45, 2.75) is 30.9 Å². The van der Waals surface area contributed by atoms with E-state index in [1.807, 2.05) is 0 Å². The molecule has 1 aromatic carbocycles. The Labute approximate surface area is 191 Å². The molecule has 4 rings (SSSR count). The molecular formula is C23H20F5N5O. The fraction of sp³-hybridized carbons (Fsp3) is 0.304. The van der Waals surface area contributed by atoms with Crippen molar-refractivity contribution < 1.29 is 26.7 Å². The Kier molecular flexibility index (Phi) is 6.71. The van der Waals surface area contributed by atoms with Crippen LogP contribution in [0.1, 0.15) is 28.9 Å². The van der Waals surface area contributed by atoms with Gasteiger partial charge in [0.2, 0.25) is 0 Å². The summed E-state index contributed by atoms with van der Waals surface area (Å²) in [5.74, 6) is -1.65. The van der Waals surface area contributed by atoms with E-state index in [1.165, 1.54) is 42.6 Å². The van der Waals surface area contributed by atoms with Gasteiger partial charge in [-0.3, -0.25) is 9.78 Å². The van der Waals surface area contributed by atoms with Gasteiger partial charge in [-0.2, -0.15) is 0 Å². The molecule has 11 heteroatoms. The van der Waals surface area contributed by atoms with E-state index < -0.39 is 42.1 Å². The summed E-state index contributed by atoms with van der Waals surface area (Å²) in [6.45, 7) is -0.651. The molecule has 34 heavy (non-hydrogen) atoms. The zero-order valence-corrected chi connectivity index (χ0v) is 17.7. The lowest BCUT2D eigenvalue weighted by molar-refractivity contribution is 0.0891. The van der Waals surface area contributed by atoms with Crippen molar-refractivity contribution in [1.82, 2.24) is 20.5 Å². The zero-order chi connectivity index (χ0) is 24.3. The minimum atomic E-state index is -2.71. The van der Waals surface area contributed by atoms with Crippen molar-refractivity contribution in [2.75, 3.05) is 18.4 Å². The average Bonchev–Trinajstić information content (AvgIpc) is 2.80. The number of anilines is 1. The van der Waals surface area contributed by atoms with Gasteiger partial charge in [-0.15, -0.1) is 10.2 Å². The van der Waals surface area contributed by atoms with Gasteiger partial charge >= 0.3 is 0 Å². The van der Waals surface area contributed by atoms with Crippen molar-refractivity contribution >= 4 is 11.7 Å². The summed E-state index contributed by atoms with van der Waals surface area (Å²) in [7, 11) is 0. The summed E-state index contributed by atoms with van der Waals surface area (Å²) in [5.41, 5.74) is -0.562. The van der Waals surface area contributed by atoms with Crippen molar-refractivity contribution in [1.29, 1.82) is 0 Å². The minimum absolute atomic E-state index is 0.00820. The number of amides is 1. The van der Waals surface area contributed by atoms with Gasteiger partial charge < -0.3 is 10.6 Å². The maximum Gasteiger partial charge on any atom is 0.255 e. The molecular weight excluding hydrogens is 457 g/mol. The first-order valence-corrected chi connectivity index (χ1v) is 10.5. The fourth-order valence-corrected chi connectivity index (χ4v) is 3.95. The zero-order valence-electron chi connectivity index (χ0n) is 17.7. The molecule has 1 aliphatic carbocycles. The lowest BCUT2D eigenvalue weighted by Crippen LogP contribution is -2.49. The quantitative estimate of drug-likeness (QED) is 0.473. The molecule has 0 aliphatic heterocycles. The number of benzene rings is 1. The summed E-state index contributed by atoms with van der Waals surface area (Å²) in [4.78, 5) is 16.1. The second-order valence-electron chi connectivity index (χ2n) is 8.07. The van der Waals surface area contributed by atoms with Crippen molar-refractivity contribution in [2.24, 2.45) is 0 Å². The number of nitrogens with one attached hydrogen (secondary N) is 2. The molecule has 1 saturated carbocycles. The van der Waals surface area contributed by atoms with Gasteiger partial charge in [-0.25, -0.2) is 22.0 Å². The Balaban J connectivity index is 1.48. The van der Waals surface area contributed by atoms with Crippen LogP contribution in [0.3, 0.4) is 0 Å². The highest BCUT2D eigenvalue weighted by Gasteiger charge is 2.48. The third-order valence-electron chi connectivity index (χ3n) is 5.68. The maximum absolute atomic E-state index is 14.3. The Hall–Kier alpha value is -3.63. The van der Waals surface area contributed by atoms with E-state index in [1.54, 1.807) is 0 Å². The standard InChI is InChI=1S/C23H20F5N5O/c24-14-9-23(10-14,21-17(26)2-1-7-29-21)12-31-20-6-5-18(32-33-20)15-8-13(3-4-16(15)25)22(34)30-11-19(27)28/h1-8,14,19H,9-12H2,(H,30,34)(H,31,33)/t14-,23-. The van der Waals surface area contributed by atoms with Gasteiger partial charge in [0.05, 0.1) is 17.9 Å². The molecule has 0 atom stereocenters. The Bertz CT molecular complexity index is 1170. The van der Waals surface area contributed by atoms with Crippen LogP contribution in [0.5, 0.6) is 0 Å². The molecule has 178 valence electrons. The summed E-state index contributed by atoms with van der Waals surface area (Å²) in [5, 5.41) is 13.0. The number of halogens is 5. The molecule has 1 amide bonds. The highest BCUT2D eigenvalue weighted by molar-refractivity contribution is 5.95. The molecule has 0 unspecified atom stereocenters. The van der Waals surface area contributed by atoms with Gasteiger partial charge in [-0.1, -0.05) is 0 Å². The number of aromatic nitrogens is 3. The molecule has 1 aliphatic rings. The summed E-state index contributed by atoms with van der Waals surface area (Å²) in [6.07, 6.45) is -2.07. The molecule has 1 fully saturated rings. The Morgan fingerprint density at radius 1 is 1.09 bits per heavy atom. The number of hydrogen-bond donors (Lipinski definition) is 2. The number of hydrogen-bond acceptors (Lipinski definition) is 5. The number of pyridine rings is 1. The van der Waals surface area contributed by atoms with Crippen LogP contribution in [0.15, 0.2) is 48.7 Å². The van der Waals surface area contributed by atoms with E-state index in [-0.39, 0.29) is 41.9 Å². The van der Waals surface area contributed by atoms with Crippen LogP contribution < -0.4 is 10.6 Å². The summed E-state index contributed by atoms with van der Waals surface area (Å²) in [6, 6.07) is 9.13. The first-order valence-electron chi connectivity index (χ1n) is 10.5. The normalized spacial score (nSPS) is 19.5. The minimum Gasteiger partial charge on any atom is -0.368 e. The Morgan fingerprint density at radius 2 is 1.88 bits per heavy atom. The molecule has 2 N–H and O–H groups in total. The van der Waals surface area contributed by atoms with Crippen LogP contribution in [-0.4, -0.2) is 46.8 Å². The first kappa shape index (κ1) is 23.5. The number of rotatable bonds is 8. The van der Waals surface area contributed by atoms with E-state index in [4.69, 9.17) is 0 Å². The molecule has 0 saturated heterocycles.